The molecule has 4 fully saturated rings. The summed E-state index contributed by atoms with van der Waals surface area (Å²) in [6, 6.07) is 0. The largest absolute Gasteiger partial charge is 0.469 e. The van der Waals surface area contributed by atoms with Gasteiger partial charge in [0.2, 0.25) is 0 Å². The van der Waals surface area contributed by atoms with Gasteiger partial charge in [0.25, 0.3) is 0 Å². The van der Waals surface area contributed by atoms with Gasteiger partial charge in [0.15, 0.2) is 5.78 Å². The molecule has 196 valence electrons. The number of allylic oxidation sites excluding steroid dienone is 2. The standard InChI is InChI=1S/C31H47BrO3/c1-18-9-12-27(3)15-16-29(5)20(24(27)19(18)2)17-21(33)25-28(4)13-11-23(32)31(7,26(34)35-8)22(28)10-14-30(25,29)6/h17-19,22-25H,9-16H2,1-8H3/t18-,19+,22?,23+,24?,25?,27-,28+,29-,30-,31-/m1/s1. The van der Waals surface area contributed by atoms with Gasteiger partial charge in [0.05, 0.1) is 12.5 Å². The van der Waals surface area contributed by atoms with Crippen molar-refractivity contribution in [3.05, 3.63) is 11.6 Å². The number of methoxy groups -OCH3 is 1. The van der Waals surface area contributed by atoms with Gasteiger partial charge in [-0.15, -0.1) is 0 Å². The van der Waals surface area contributed by atoms with E-state index in [2.05, 4.69) is 70.5 Å². The third-order valence-electron chi connectivity index (χ3n) is 13.3. The van der Waals surface area contributed by atoms with E-state index in [0.29, 0.717) is 29.0 Å². The van der Waals surface area contributed by atoms with Crippen molar-refractivity contribution in [1.29, 1.82) is 0 Å². The molecule has 4 heteroatoms. The highest BCUT2D eigenvalue weighted by Crippen LogP contribution is 2.75. The molecule has 0 aromatic heterocycles. The van der Waals surface area contributed by atoms with Gasteiger partial charge in [-0.2, -0.15) is 0 Å². The molecule has 0 aromatic rings. The molecule has 5 aliphatic rings. The van der Waals surface area contributed by atoms with E-state index < -0.39 is 5.41 Å². The Labute approximate surface area is 221 Å². The molecule has 3 nitrogen and oxygen atoms in total. The van der Waals surface area contributed by atoms with Gasteiger partial charge in [-0.3, -0.25) is 9.59 Å². The molecule has 0 amide bonds. The number of esters is 1. The maximum absolute atomic E-state index is 14.4. The Hall–Kier alpha value is -0.640. The van der Waals surface area contributed by atoms with Crippen LogP contribution in [0.3, 0.4) is 0 Å². The van der Waals surface area contributed by atoms with Crippen LogP contribution in [0.4, 0.5) is 0 Å². The van der Waals surface area contributed by atoms with Gasteiger partial charge in [-0.1, -0.05) is 63.0 Å². The lowest BCUT2D eigenvalue weighted by Crippen LogP contribution is -2.67. The van der Waals surface area contributed by atoms with Crippen LogP contribution in [0.2, 0.25) is 0 Å². The Bertz CT molecular complexity index is 972. The minimum absolute atomic E-state index is 0.0350. The molecular weight excluding hydrogens is 500 g/mol. The van der Waals surface area contributed by atoms with E-state index in [4.69, 9.17) is 4.74 Å². The van der Waals surface area contributed by atoms with E-state index in [1.54, 1.807) is 0 Å². The van der Waals surface area contributed by atoms with E-state index in [0.717, 1.165) is 25.7 Å². The first-order valence-corrected chi connectivity index (χ1v) is 15.1. The molecule has 5 rings (SSSR count). The summed E-state index contributed by atoms with van der Waals surface area (Å²) in [5.74, 6) is 2.17. The van der Waals surface area contributed by atoms with Gasteiger partial charge < -0.3 is 4.74 Å². The van der Waals surface area contributed by atoms with Gasteiger partial charge in [-0.25, -0.2) is 0 Å². The summed E-state index contributed by atoms with van der Waals surface area (Å²) in [6.45, 7) is 16.8. The van der Waals surface area contributed by atoms with Crippen molar-refractivity contribution in [2.24, 2.45) is 56.7 Å². The number of carbonyl (C=O) groups is 2. The Kier molecular flexibility index (Phi) is 5.89. The number of carbonyl (C=O) groups excluding carboxylic acids is 2. The first kappa shape index (κ1) is 26.0. The van der Waals surface area contributed by atoms with Gasteiger partial charge in [0, 0.05) is 10.7 Å². The molecule has 3 unspecified atom stereocenters. The van der Waals surface area contributed by atoms with Crippen LogP contribution in [0.25, 0.3) is 0 Å². The third kappa shape index (κ3) is 3.07. The van der Waals surface area contributed by atoms with Crippen LogP contribution in [0.1, 0.15) is 99.8 Å². The second kappa shape index (κ2) is 7.93. The van der Waals surface area contributed by atoms with Crippen molar-refractivity contribution in [3.8, 4) is 0 Å². The van der Waals surface area contributed by atoms with Crippen LogP contribution in [0.15, 0.2) is 11.6 Å². The zero-order valence-electron chi connectivity index (χ0n) is 23.3. The van der Waals surface area contributed by atoms with Crippen molar-refractivity contribution in [2.75, 3.05) is 7.11 Å². The quantitative estimate of drug-likeness (QED) is 0.249. The summed E-state index contributed by atoms with van der Waals surface area (Å²) in [7, 11) is 1.51. The highest BCUT2D eigenvalue weighted by Gasteiger charge is 2.71. The molecule has 0 aliphatic heterocycles. The molecule has 4 saturated carbocycles. The first-order valence-electron chi connectivity index (χ1n) is 14.2. The lowest BCUT2D eigenvalue weighted by atomic mass is 9.33. The molecule has 0 saturated heterocycles. The summed E-state index contributed by atoms with van der Waals surface area (Å²) in [5, 5.41) is 0. The van der Waals surface area contributed by atoms with Crippen molar-refractivity contribution in [3.63, 3.8) is 0 Å². The van der Waals surface area contributed by atoms with Crippen molar-refractivity contribution in [2.45, 2.75) is 105 Å². The third-order valence-corrected chi connectivity index (χ3v) is 14.7. The zero-order chi connectivity index (χ0) is 25.8. The SMILES string of the molecule is COC(=O)[C@]1(C)C2CC[C@]3(C)C(C(=O)C=C4C5[C@@H](C)[C@H](C)CC[C@]5(C)CC[C@]43C)[C@@]2(C)CC[C@@H]1Br. The average Bonchev–Trinajstić information content (AvgIpc) is 2.80. The number of ether oxygens (including phenoxy) is 1. The molecule has 0 aromatic carbocycles. The zero-order valence-corrected chi connectivity index (χ0v) is 24.9. The summed E-state index contributed by atoms with van der Waals surface area (Å²) in [6.07, 6.45) is 11.1. The number of ketones is 1. The molecule has 0 radical (unpaired) electrons. The number of rotatable bonds is 1. The predicted molar refractivity (Wildman–Crippen MR) is 144 cm³/mol. The number of fused-ring (bicyclic) bond motifs is 7. The fraction of sp³-hybridized carbons (Fsp3) is 0.871. The van der Waals surface area contributed by atoms with Gasteiger partial charge >= 0.3 is 5.97 Å². The number of hydrogen-bond donors (Lipinski definition) is 0. The van der Waals surface area contributed by atoms with E-state index in [9.17, 15) is 9.59 Å². The van der Waals surface area contributed by atoms with E-state index in [1.807, 2.05) is 0 Å². The highest BCUT2D eigenvalue weighted by molar-refractivity contribution is 9.09. The fourth-order valence-electron chi connectivity index (χ4n) is 10.8. The van der Waals surface area contributed by atoms with Crippen LogP contribution in [-0.2, 0) is 14.3 Å². The molecule has 0 N–H and O–H groups in total. The molecule has 11 atom stereocenters. The summed E-state index contributed by atoms with van der Waals surface area (Å²) in [4.78, 5) is 27.7. The number of halogens is 1. The topological polar surface area (TPSA) is 43.4 Å². The Morgan fingerprint density at radius 3 is 2.31 bits per heavy atom. The monoisotopic (exact) mass is 546 g/mol. The summed E-state index contributed by atoms with van der Waals surface area (Å²) < 4.78 is 5.38. The Morgan fingerprint density at radius 1 is 0.971 bits per heavy atom. The Balaban J connectivity index is 1.64. The predicted octanol–water partition coefficient (Wildman–Crippen LogP) is 7.76. The average molecular weight is 548 g/mol. The van der Waals surface area contributed by atoms with Crippen LogP contribution in [0.5, 0.6) is 0 Å². The van der Waals surface area contributed by atoms with E-state index in [-0.39, 0.29) is 38.9 Å². The van der Waals surface area contributed by atoms with Crippen molar-refractivity contribution >= 4 is 27.7 Å². The molecule has 0 spiro atoms. The molecule has 5 aliphatic carbocycles. The smallest absolute Gasteiger partial charge is 0.312 e. The maximum atomic E-state index is 14.4. The van der Waals surface area contributed by atoms with Crippen LogP contribution >= 0.6 is 15.9 Å². The van der Waals surface area contributed by atoms with Gasteiger partial charge in [0.1, 0.15) is 0 Å². The Morgan fingerprint density at radius 2 is 1.66 bits per heavy atom. The first-order chi connectivity index (χ1) is 16.2. The van der Waals surface area contributed by atoms with E-state index in [1.165, 1.54) is 38.4 Å². The van der Waals surface area contributed by atoms with Crippen molar-refractivity contribution in [1.82, 2.24) is 0 Å². The summed E-state index contributed by atoms with van der Waals surface area (Å²) >= 11 is 3.88. The lowest BCUT2D eigenvalue weighted by Gasteiger charge is -2.70. The number of alkyl halides is 1. The minimum Gasteiger partial charge on any atom is -0.469 e. The second-order valence-electron chi connectivity index (χ2n) is 14.6. The maximum Gasteiger partial charge on any atom is 0.312 e. The second-order valence-corrected chi connectivity index (χ2v) is 15.7. The fourth-order valence-corrected chi connectivity index (χ4v) is 11.6. The normalized spacial score (nSPS) is 55.6. The molecule has 35 heavy (non-hydrogen) atoms. The number of hydrogen-bond acceptors (Lipinski definition) is 3. The van der Waals surface area contributed by atoms with Crippen LogP contribution in [-0.4, -0.2) is 23.7 Å². The van der Waals surface area contributed by atoms with Crippen molar-refractivity contribution < 1.29 is 14.3 Å². The van der Waals surface area contributed by atoms with E-state index >= 15 is 0 Å². The molecular formula is C31H47BrO3. The summed E-state index contributed by atoms with van der Waals surface area (Å²) in [5.41, 5.74) is 0.973. The van der Waals surface area contributed by atoms with Crippen LogP contribution in [0, 0.1) is 56.7 Å². The van der Waals surface area contributed by atoms with Crippen LogP contribution < -0.4 is 0 Å². The molecule has 0 heterocycles. The molecule has 0 bridgehead atoms. The lowest BCUT2D eigenvalue weighted by molar-refractivity contribution is -0.197. The highest BCUT2D eigenvalue weighted by atomic mass is 79.9. The minimum atomic E-state index is -0.604. The van der Waals surface area contributed by atoms with Gasteiger partial charge in [-0.05, 0) is 110 Å².